The van der Waals surface area contributed by atoms with E-state index in [1.54, 1.807) is 18.2 Å². The zero-order chi connectivity index (χ0) is 29.3. The highest BCUT2D eigenvalue weighted by molar-refractivity contribution is 7.92. The number of benzene rings is 3. The first-order chi connectivity index (χ1) is 19.0. The van der Waals surface area contributed by atoms with E-state index in [1.165, 1.54) is 42.3 Å². The van der Waals surface area contributed by atoms with Crippen LogP contribution in [0.4, 0.5) is 10.1 Å². The minimum Gasteiger partial charge on any atom is -0.497 e. The Kier molecular flexibility index (Phi) is 10.7. The molecule has 3 aromatic carbocycles. The third kappa shape index (κ3) is 8.54. The van der Waals surface area contributed by atoms with Crippen LogP contribution in [-0.2, 0) is 32.6 Å². The third-order valence-electron chi connectivity index (χ3n) is 6.56. The quantitative estimate of drug-likeness (QED) is 0.334. The second kappa shape index (κ2) is 13.9. The van der Waals surface area contributed by atoms with Gasteiger partial charge in [0.15, 0.2) is 0 Å². The molecule has 10 heteroatoms. The van der Waals surface area contributed by atoms with E-state index in [9.17, 15) is 22.4 Å². The van der Waals surface area contributed by atoms with Crippen molar-refractivity contribution in [3.63, 3.8) is 0 Å². The molecule has 2 atom stereocenters. The summed E-state index contributed by atoms with van der Waals surface area (Å²) >= 11 is 0. The first-order valence-electron chi connectivity index (χ1n) is 13.0. The molecular weight excluding hydrogens is 533 g/mol. The van der Waals surface area contributed by atoms with Gasteiger partial charge in [0.25, 0.3) is 0 Å². The van der Waals surface area contributed by atoms with Gasteiger partial charge in [-0.1, -0.05) is 55.5 Å². The minimum atomic E-state index is -3.90. The van der Waals surface area contributed by atoms with Gasteiger partial charge in [-0.05, 0) is 48.7 Å². The van der Waals surface area contributed by atoms with Gasteiger partial charge in [0.1, 0.15) is 24.2 Å². The highest BCUT2D eigenvalue weighted by Crippen LogP contribution is 2.24. The van der Waals surface area contributed by atoms with Crippen LogP contribution in [0.3, 0.4) is 0 Å². The average molecular weight is 570 g/mol. The van der Waals surface area contributed by atoms with Crippen molar-refractivity contribution < 1.29 is 27.1 Å². The first kappa shape index (κ1) is 30.6. The molecule has 0 saturated heterocycles. The van der Waals surface area contributed by atoms with Crippen molar-refractivity contribution >= 4 is 27.5 Å². The van der Waals surface area contributed by atoms with Crippen LogP contribution in [0.1, 0.15) is 31.4 Å². The lowest BCUT2D eigenvalue weighted by molar-refractivity contribution is -0.140. The fraction of sp³-hybridized carbons (Fsp3) is 0.333. The number of methoxy groups -OCH3 is 1. The van der Waals surface area contributed by atoms with Gasteiger partial charge in [0.2, 0.25) is 21.8 Å². The van der Waals surface area contributed by atoms with Crippen LogP contribution < -0.4 is 14.4 Å². The van der Waals surface area contributed by atoms with Crippen molar-refractivity contribution in [2.45, 2.75) is 45.3 Å². The Morgan fingerprint density at radius 3 is 2.25 bits per heavy atom. The Morgan fingerprint density at radius 2 is 1.65 bits per heavy atom. The maximum absolute atomic E-state index is 14.0. The molecule has 214 valence electrons. The van der Waals surface area contributed by atoms with Crippen molar-refractivity contribution in [2.75, 3.05) is 24.2 Å². The largest absolute Gasteiger partial charge is 0.497 e. The lowest BCUT2D eigenvalue weighted by Crippen LogP contribution is -2.54. The molecule has 8 nitrogen and oxygen atoms in total. The molecular formula is C30H36FN3O5S. The molecule has 3 rings (SSSR count). The second-order valence-electron chi connectivity index (χ2n) is 9.64. The van der Waals surface area contributed by atoms with Crippen LogP contribution in [0.2, 0.25) is 0 Å². The van der Waals surface area contributed by atoms with E-state index in [0.29, 0.717) is 17.7 Å². The summed E-state index contributed by atoms with van der Waals surface area (Å²) in [5.74, 6) is -0.950. The third-order valence-corrected chi connectivity index (χ3v) is 7.70. The van der Waals surface area contributed by atoms with E-state index in [0.717, 1.165) is 16.1 Å². The number of rotatable bonds is 13. The SMILES string of the molecule is CCC(C)NC(=O)C(Cc1ccccc1)N(Cc1ccc(F)cc1)C(=O)CN(c1cccc(OC)c1)S(C)(=O)=O. The summed E-state index contributed by atoms with van der Waals surface area (Å²) in [6.45, 7) is 3.24. The molecule has 0 aliphatic heterocycles. The van der Waals surface area contributed by atoms with Crippen molar-refractivity contribution in [1.82, 2.24) is 10.2 Å². The molecule has 0 aliphatic rings. The molecule has 0 aliphatic carbocycles. The number of sulfonamides is 1. The Labute approximate surface area is 235 Å². The number of carbonyl (C=O) groups excluding carboxylic acids is 2. The van der Waals surface area contributed by atoms with Crippen LogP contribution in [0.15, 0.2) is 78.9 Å². The van der Waals surface area contributed by atoms with Crippen LogP contribution in [-0.4, -0.2) is 57.1 Å². The van der Waals surface area contributed by atoms with Crippen molar-refractivity contribution in [1.29, 1.82) is 0 Å². The number of halogens is 1. The van der Waals surface area contributed by atoms with Gasteiger partial charge < -0.3 is 15.0 Å². The lowest BCUT2D eigenvalue weighted by atomic mass is 10.0. The Bertz CT molecular complexity index is 1380. The lowest BCUT2D eigenvalue weighted by Gasteiger charge is -2.34. The first-order valence-corrected chi connectivity index (χ1v) is 14.9. The molecule has 0 aromatic heterocycles. The second-order valence-corrected chi connectivity index (χ2v) is 11.5. The van der Waals surface area contributed by atoms with Crippen molar-refractivity contribution in [3.05, 3.63) is 95.8 Å². The Hall–Kier alpha value is -3.92. The molecule has 0 saturated carbocycles. The highest BCUT2D eigenvalue weighted by atomic mass is 32.2. The van der Waals surface area contributed by atoms with Crippen molar-refractivity contribution in [3.8, 4) is 5.75 Å². The number of hydrogen-bond donors (Lipinski definition) is 1. The van der Waals surface area contributed by atoms with E-state index in [-0.39, 0.29) is 30.6 Å². The standard InChI is InChI=1S/C30H36FN3O5S/c1-5-22(2)32-30(36)28(18-23-10-7-6-8-11-23)33(20-24-14-16-25(31)17-15-24)29(35)21-34(40(4,37)38)26-12-9-13-27(19-26)39-3/h6-17,19,22,28H,5,18,20-21H2,1-4H3,(H,32,36). The van der Waals surface area contributed by atoms with Gasteiger partial charge in [-0.25, -0.2) is 12.8 Å². The summed E-state index contributed by atoms with van der Waals surface area (Å²) in [5, 5.41) is 2.97. The number of ether oxygens (including phenoxy) is 1. The van der Waals surface area contributed by atoms with Crippen LogP contribution in [0.25, 0.3) is 0 Å². The van der Waals surface area contributed by atoms with E-state index >= 15 is 0 Å². The number of anilines is 1. The summed E-state index contributed by atoms with van der Waals surface area (Å²) in [6, 6.07) is 20.2. The summed E-state index contributed by atoms with van der Waals surface area (Å²) in [7, 11) is -2.44. The predicted molar refractivity (Wildman–Crippen MR) is 154 cm³/mol. The molecule has 40 heavy (non-hydrogen) atoms. The average Bonchev–Trinajstić information content (AvgIpc) is 2.94. The zero-order valence-corrected chi connectivity index (χ0v) is 24.0. The molecule has 2 amide bonds. The van der Waals surface area contributed by atoms with E-state index in [1.807, 2.05) is 44.2 Å². The number of nitrogens with zero attached hydrogens (tertiary/aromatic N) is 2. The molecule has 3 aromatic rings. The predicted octanol–water partition coefficient (Wildman–Crippen LogP) is 4.16. The molecule has 0 radical (unpaired) electrons. The number of carbonyl (C=O) groups is 2. The molecule has 0 heterocycles. The van der Waals surface area contributed by atoms with E-state index < -0.39 is 34.3 Å². The molecule has 2 unspecified atom stereocenters. The van der Waals surface area contributed by atoms with Gasteiger partial charge in [0.05, 0.1) is 19.1 Å². The summed E-state index contributed by atoms with van der Waals surface area (Å²) in [6.07, 6.45) is 1.91. The number of hydrogen-bond acceptors (Lipinski definition) is 5. The van der Waals surface area contributed by atoms with Crippen LogP contribution >= 0.6 is 0 Å². The van der Waals surface area contributed by atoms with Gasteiger partial charge in [-0.2, -0.15) is 0 Å². The fourth-order valence-corrected chi connectivity index (χ4v) is 5.00. The van der Waals surface area contributed by atoms with Gasteiger partial charge in [-0.15, -0.1) is 0 Å². The fourth-order valence-electron chi connectivity index (χ4n) is 4.16. The number of nitrogens with one attached hydrogen (secondary N) is 1. The van der Waals surface area contributed by atoms with Crippen molar-refractivity contribution in [2.24, 2.45) is 0 Å². The highest BCUT2D eigenvalue weighted by Gasteiger charge is 2.33. The molecule has 0 spiro atoms. The maximum atomic E-state index is 14.0. The van der Waals surface area contributed by atoms with Crippen LogP contribution in [0.5, 0.6) is 5.75 Å². The number of amides is 2. The summed E-state index contributed by atoms with van der Waals surface area (Å²) in [4.78, 5) is 29.0. The summed E-state index contributed by atoms with van der Waals surface area (Å²) < 4.78 is 45.6. The maximum Gasteiger partial charge on any atom is 0.244 e. The minimum absolute atomic E-state index is 0.0275. The van der Waals surface area contributed by atoms with E-state index in [4.69, 9.17) is 4.74 Å². The Balaban J connectivity index is 2.06. The topological polar surface area (TPSA) is 96.0 Å². The van der Waals surface area contributed by atoms with Gasteiger partial charge in [-0.3, -0.25) is 13.9 Å². The molecule has 1 N–H and O–H groups in total. The summed E-state index contributed by atoms with van der Waals surface area (Å²) in [5.41, 5.74) is 1.67. The monoisotopic (exact) mass is 569 g/mol. The Morgan fingerprint density at radius 1 is 0.975 bits per heavy atom. The van der Waals surface area contributed by atoms with Gasteiger partial charge in [0, 0.05) is 25.1 Å². The molecule has 0 fully saturated rings. The molecule has 0 bridgehead atoms. The van der Waals surface area contributed by atoms with Crippen LogP contribution in [0, 0.1) is 5.82 Å². The smallest absolute Gasteiger partial charge is 0.244 e. The van der Waals surface area contributed by atoms with Gasteiger partial charge >= 0.3 is 0 Å². The normalized spacial score (nSPS) is 12.7. The zero-order valence-electron chi connectivity index (χ0n) is 23.2. The van der Waals surface area contributed by atoms with E-state index in [2.05, 4.69) is 5.32 Å².